The predicted octanol–water partition coefficient (Wildman–Crippen LogP) is 3.38. The SMILES string of the molecule is C=CCOC(=N[C@H](CO)c1ccccc1)c1ccc(OC)cc1. The largest absolute Gasteiger partial charge is 0.497 e. The van der Waals surface area contributed by atoms with E-state index in [4.69, 9.17) is 9.47 Å². The van der Waals surface area contributed by atoms with E-state index < -0.39 is 0 Å². The smallest absolute Gasteiger partial charge is 0.217 e. The minimum atomic E-state index is -0.377. The Bertz CT molecular complexity index is 635. The number of aliphatic hydroxyl groups is 1. The molecule has 0 aliphatic carbocycles. The maximum Gasteiger partial charge on any atom is 0.217 e. The Labute approximate surface area is 136 Å². The summed E-state index contributed by atoms with van der Waals surface area (Å²) in [6, 6.07) is 16.7. The van der Waals surface area contributed by atoms with Crippen LogP contribution < -0.4 is 4.74 Å². The van der Waals surface area contributed by atoms with E-state index in [9.17, 15) is 5.11 Å². The summed E-state index contributed by atoms with van der Waals surface area (Å²) < 4.78 is 10.8. The number of nitrogens with zero attached hydrogens (tertiary/aromatic N) is 1. The van der Waals surface area contributed by atoms with E-state index >= 15 is 0 Å². The van der Waals surface area contributed by atoms with E-state index in [1.807, 2.05) is 54.6 Å². The molecule has 0 unspecified atom stereocenters. The van der Waals surface area contributed by atoms with E-state index in [1.54, 1.807) is 13.2 Å². The maximum atomic E-state index is 9.68. The lowest BCUT2D eigenvalue weighted by Gasteiger charge is -2.14. The van der Waals surface area contributed by atoms with Crippen molar-refractivity contribution in [1.29, 1.82) is 0 Å². The van der Waals surface area contributed by atoms with Gasteiger partial charge in [0.2, 0.25) is 5.90 Å². The first kappa shape index (κ1) is 16.8. The van der Waals surface area contributed by atoms with Crippen molar-refractivity contribution in [2.45, 2.75) is 6.04 Å². The minimum absolute atomic E-state index is 0.0961. The van der Waals surface area contributed by atoms with E-state index in [0.717, 1.165) is 16.9 Å². The van der Waals surface area contributed by atoms with Crippen molar-refractivity contribution in [3.63, 3.8) is 0 Å². The molecule has 0 saturated carbocycles. The zero-order valence-electron chi connectivity index (χ0n) is 13.2. The van der Waals surface area contributed by atoms with Crippen LogP contribution in [0.25, 0.3) is 0 Å². The van der Waals surface area contributed by atoms with Crippen molar-refractivity contribution in [2.75, 3.05) is 20.3 Å². The average Bonchev–Trinajstić information content (AvgIpc) is 2.63. The first-order chi connectivity index (χ1) is 11.3. The predicted molar refractivity (Wildman–Crippen MR) is 91.9 cm³/mol. The molecular formula is C19H21NO3. The maximum absolute atomic E-state index is 9.68. The molecule has 4 heteroatoms. The average molecular weight is 311 g/mol. The van der Waals surface area contributed by atoms with Crippen molar-refractivity contribution in [3.05, 3.63) is 78.4 Å². The van der Waals surface area contributed by atoms with Crippen LogP contribution in [0.1, 0.15) is 17.2 Å². The molecule has 0 aromatic heterocycles. The van der Waals surface area contributed by atoms with Crippen molar-refractivity contribution in [2.24, 2.45) is 4.99 Å². The number of rotatable bonds is 7. The molecule has 2 aromatic rings. The zero-order chi connectivity index (χ0) is 16.5. The summed E-state index contributed by atoms with van der Waals surface area (Å²) in [5.41, 5.74) is 1.75. The van der Waals surface area contributed by atoms with Crippen molar-refractivity contribution in [3.8, 4) is 5.75 Å². The number of aliphatic imine (C=N–C) groups is 1. The van der Waals surface area contributed by atoms with Crippen LogP contribution in [0.2, 0.25) is 0 Å². The molecule has 0 aliphatic heterocycles. The van der Waals surface area contributed by atoms with Gasteiger partial charge in [-0.3, -0.25) is 0 Å². The van der Waals surface area contributed by atoms with Gasteiger partial charge in [-0.05, 0) is 29.8 Å². The number of benzene rings is 2. The molecule has 0 heterocycles. The Morgan fingerprint density at radius 3 is 2.43 bits per heavy atom. The first-order valence-corrected chi connectivity index (χ1v) is 7.40. The van der Waals surface area contributed by atoms with Crippen LogP contribution in [-0.2, 0) is 4.74 Å². The van der Waals surface area contributed by atoms with Crippen LogP contribution in [0.15, 0.2) is 72.2 Å². The van der Waals surface area contributed by atoms with E-state index in [-0.39, 0.29) is 12.6 Å². The Balaban J connectivity index is 2.33. The Kier molecular flexibility index (Phi) is 6.39. The lowest BCUT2D eigenvalue weighted by atomic mass is 10.1. The molecule has 23 heavy (non-hydrogen) atoms. The second kappa shape index (κ2) is 8.76. The fourth-order valence-corrected chi connectivity index (χ4v) is 2.10. The molecule has 1 atom stereocenters. The van der Waals surface area contributed by atoms with Gasteiger partial charge in [0.05, 0.1) is 13.7 Å². The quantitative estimate of drug-likeness (QED) is 0.484. The van der Waals surface area contributed by atoms with Crippen molar-refractivity contribution < 1.29 is 14.6 Å². The van der Waals surface area contributed by atoms with E-state index in [2.05, 4.69) is 11.6 Å². The lowest BCUT2D eigenvalue weighted by Crippen LogP contribution is -2.12. The first-order valence-electron chi connectivity index (χ1n) is 7.40. The summed E-state index contributed by atoms with van der Waals surface area (Å²) in [5.74, 6) is 1.23. The molecule has 0 saturated heterocycles. The molecule has 4 nitrogen and oxygen atoms in total. The van der Waals surface area contributed by atoms with Crippen LogP contribution in [0.5, 0.6) is 5.75 Å². The second-order valence-electron chi connectivity index (χ2n) is 4.87. The number of hydrogen-bond donors (Lipinski definition) is 1. The third kappa shape index (κ3) is 4.69. The molecule has 0 radical (unpaired) electrons. The highest BCUT2D eigenvalue weighted by Crippen LogP contribution is 2.19. The highest BCUT2D eigenvalue weighted by Gasteiger charge is 2.12. The summed E-state index contributed by atoms with van der Waals surface area (Å²) in [5, 5.41) is 9.68. The van der Waals surface area contributed by atoms with Gasteiger partial charge in [0.1, 0.15) is 18.4 Å². The van der Waals surface area contributed by atoms with Crippen molar-refractivity contribution in [1.82, 2.24) is 0 Å². The molecule has 120 valence electrons. The second-order valence-corrected chi connectivity index (χ2v) is 4.87. The number of ether oxygens (including phenoxy) is 2. The Morgan fingerprint density at radius 1 is 1.17 bits per heavy atom. The lowest BCUT2D eigenvalue weighted by molar-refractivity contribution is 0.264. The van der Waals surface area contributed by atoms with Gasteiger partial charge in [-0.2, -0.15) is 0 Å². The van der Waals surface area contributed by atoms with Gasteiger partial charge in [0.15, 0.2) is 0 Å². The molecule has 2 rings (SSSR count). The molecule has 0 spiro atoms. The Hall–Kier alpha value is -2.59. The molecule has 0 aliphatic rings. The fraction of sp³-hybridized carbons (Fsp3) is 0.211. The van der Waals surface area contributed by atoms with E-state index in [0.29, 0.717) is 12.5 Å². The standard InChI is InChI=1S/C19H21NO3/c1-3-13-23-19(16-9-11-17(22-2)12-10-16)20-18(14-21)15-7-5-4-6-8-15/h3-12,18,21H,1,13-14H2,2H3/t18-/m1/s1. The Morgan fingerprint density at radius 2 is 1.87 bits per heavy atom. The minimum Gasteiger partial charge on any atom is -0.497 e. The van der Waals surface area contributed by atoms with Crippen LogP contribution in [0.4, 0.5) is 0 Å². The van der Waals surface area contributed by atoms with Crippen LogP contribution >= 0.6 is 0 Å². The summed E-state index contributed by atoms with van der Waals surface area (Å²) in [6.07, 6.45) is 1.66. The normalized spacial score (nSPS) is 12.5. The van der Waals surface area contributed by atoms with Gasteiger partial charge in [0.25, 0.3) is 0 Å². The highest BCUT2D eigenvalue weighted by molar-refractivity contribution is 5.94. The zero-order valence-corrected chi connectivity index (χ0v) is 13.2. The highest BCUT2D eigenvalue weighted by atomic mass is 16.5. The summed E-state index contributed by atoms with van der Waals surface area (Å²) in [7, 11) is 1.62. The molecule has 0 bridgehead atoms. The molecule has 0 amide bonds. The number of hydrogen-bond acceptors (Lipinski definition) is 4. The third-order valence-electron chi connectivity index (χ3n) is 3.31. The topological polar surface area (TPSA) is 51.0 Å². The summed E-state index contributed by atoms with van der Waals surface area (Å²) >= 11 is 0. The van der Waals surface area contributed by atoms with Gasteiger partial charge in [0, 0.05) is 5.56 Å². The number of aliphatic hydroxyl groups excluding tert-OH is 1. The molecule has 2 aromatic carbocycles. The van der Waals surface area contributed by atoms with Crippen LogP contribution in [0, 0.1) is 0 Å². The number of methoxy groups -OCH3 is 1. The van der Waals surface area contributed by atoms with Gasteiger partial charge in [-0.15, -0.1) is 0 Å². The summed E-state index contributed by atoms with van der Waals surface area (Å²) in [4.78, 5) is 4.58. The van der Waals surface area contributed by atoms with Gasteiger partial charge < -0.3 is 14.6 Å². The van der Waals surface area contributed by atoms with E-state index in [1.165, 1.54) is 0 Å². The fourth-order valence-electron chi connectivity index (χ4n) is 2.10. The van der Waals surface area contributed by atoms with Gasteiger partial charge in [-0.25, -0.2) is 4.99 Å². The van der Waals surface area contributed by atoms with Crippen LogP contribution in [-0.4, -0.2) is 31.3 Å². The monoisotopic (exact) mass is 311 g/mol. The van der Waals surface area contributed by atoms with Crippen LogP contribution in [0.3, 0.4) is 0 Å². The van der Waals surface area contributed by atoms with Gasteiger partial charge >= 0.3 is 0 Å². The third-order valence-corrected chi connectivity index (χ3v) is 3.31. The molecule has 1 N–H and O–H groups in total. The van der Waals surface area contributed by atoms with Gasteiger partial charge in [-0.1, -0.05) is 43.0 Å². The summed E-state index contributed by atoms with van der Waals surface area (Å²) in [6.45, 7) is 3.91. The van der Waals surface area contributed by atoms with Crippen molar-refractivity contribution >= 4 is 5.90 Å². The molecule has 0 fully saturated rings. The molecular weight excluding hydrogens is 290 g/mol.